The molecule has 1 aliphatic carbocycles. The third kappa shape index (κ3) is 4.22. The van der Waals surface area contributed by atoms with Crippen LogP contribution < -0.4 is 0 Å². The number of imide groups is 1. The van der Waals surface area contributed by atoms with Gasteiger partial charge in [-0.25, -0.2) is 4.79 Å². The molecule has 0 spiro atoms. The van der Waals surface area contributed by atoms with Crippen LogP contribution in [0, 0.1) is 0 Å². The zero-order valence-electron chi connectivity index (χ0n) is 19.1. The summed E-state index contributed by atoms with van der Waals surface area (Å²) < 4.78 is 5.44. The van der Waals surface area contributed by atoms with Gasteiger partial charge in [-0.15, -0.1) is 0 Å². The number of hydrogen-bond donors (Lipinski definition) is 0. The lowest BCUT2D eigenvalue weighted by Crippen LogP contribution is -2.40. The van der Waals surface area contributed by atoms with Crippen molar-refractivity contribution in [3.8, 4) is 0 Å². The normalized spacial score (nSPS) is 18.4. The van der Waals surface area contributed by atoms with Crippen molar-refractivity contribution in [2.75, 3.05) is 13.1 Å². The van der Waals surface area contributed by atoms with Crippen LogP contribution in [-0.2, 0) is 11.3 Å². The molecule has 0 radical (unpaired) electrons. The predicted octanol–water partition coefficient (Wildman–Crippen LogP) is 4.21. The SMILES string of the molecule is O=C(OCc1ccc(C(=O)N2CCCC2)cc1)c1ccc2c(c1)C(=O)N(C1CCCCC1)C2=O. The lowest BCUT2D eigenvalue weighted by atomic mass is 9.94. The second kappa shape index (κ2) is 9.41. The van der Waals surface area contributed by atoms with Gasteiger partial charge in [0, 0.05) is 24.7 Å². The zero-order valence-corrected chi connectivity index (χ0v) is 19.1. The standard InChI is InChI=1S/C27H28N2O5/c30-24(28-14-4-5-15-28)19-10-8-18(9-11-19)17-34-27(33)20-12-13-22-23(16-20)26(32)29(25(22)31)21-6-2-1-3-7-21/h8-13,16,21H,1-7,14-15,17H2. The first kappa shape index (κ1) is 22.3. The quantitative estimate of drug-likeness (QED) is 0.493. The first-order chi connectivity index (χ1) is 16.5. The molecule has 2 heterocycles. The minimum absolute atomic E-state index is 0.0284. The van der Waals surface area contributed by atoms with E-state index in [4.69, 9.17) is 4.74 Å². The summed E-state index contributed by atoms with van der Waals surface area (Å²) in [7, 11) is 0. The Labute approximate surface area is 198 Å². The number of carbonyl (C=O) groups excluding carboxylic acids is 4. The molecule has 34 heavy (non-hydrogen) atoms. The second-order valence-corrected chi connectivity index (χ2v) is 9.30. The first-order valence-corrected chi connectivity index (χ1v) is 12.1. The molecule has 2 aliphatic heterocycles. The van der Waals surface area contributed by atoms with Crippen LogP contribution in [0.25, 0.3) is 0 Å². The monoisotopic (exact) mass is 460 g/mol. The van der Waals surface area contributed by atoms with Gasteiger partial charge in [0.05, 0.1) is 16.7 Å². The third-order valence-corrected chi connectivity index (χ3v) is 7.06. The maximum atomic E-state index is 13.0. The maximum absolute atomic E-state index is 13.0. The number of nitrogens with zero attached hydrogens (tertiary/aromatic N) is 2. The number of hydrogen-bond acceptors (Lipinski definition) is 5. The Hall–Kier alpha value is -3.48. The van der Waals surface area contributed by atoms with Crippen molar-refractivity contribution in [2.45, 2.75) is 57.6 Å². The van der Waals surface area contributed by atoms with Gasteiger partial charge in [0.1, 0.15) is 6.61 Å². The van der Waals surface area contributed by atoms with Crippen LogP contribution in [0.5, 0.6) is 0 Å². The number of likely N-dealkylation sites (tertiary alicyclic amines) is 1. The topological polar surface area (TPSA) is 84.0 Å². The molecule has 1 saturated heterocycles. The Morgan fingerprint density at radius 2 is 1.44 bits per heavy atom. The molecule has 2 fully saturated rings. The highest BCUT2D eigenvalue weighted by Crippen LogP contribution is 2.31. The molecule has 0 unspecified atom stereocenters. The largest absolute Gasteiger partial charge is 0.457 e. The van der Waals surface area contributed by atoms with Gasteiger partial charge in [-0.1, -0.05) is 31.4 Å². The highest BCUT2D eigenvalue weighted by Gasteiger charge is 2.40. The summed E-state index contributed by atoms with van der Waals surface area (Å²) in [5.74, 6) is -1.12. The number of rotatable bonds is 5. The van der Waals surface area contributed by atoms with E-state index in [-0.39, 0.29) is 41.5 Å². The van der Waals surface area contributed by atoms with E-state index in [1.807, 2.05) is 4.90 Å². The smallest absolute Gasteiger partial charge is 0.338 e. The lowest BCUT2D eigenvalue weighted by Gasteiger charge is -2.29. The summed E-state index contributed by atoms with van der Waals surface area (Å²) in [5.41, 5.74) is 2.26. The summed E-state index contributed by atoms with van der Waals surface area (Å²) in [6.45, 7) is 1.65. The van der Waals surface area contributed by atoms with Gasteiger partial charge in [0.2, 0.25) is 0 Å². The van der Waals surface area contributed by atoms with Gasteiger partial charge >= 0.3 is 5.97 Å². The Bertz CT molecular complexity index is 1130. The Morgan fingerprint density at radius 1 is 0.794 bits per heavy atom. The van der Waals surface area contributed by atoms with E-state index in [0.717, 1.165) is 63.6 Å². The fourth-order valence-electron chi connectivity index (χ4n) is 5.14. The van der Waals surface area contributed by atoms with Crippen molar-refractivity contribution in [1.29, 1.82) is 0 Å². The lowest BCUT2D eigenvalue weighted by molar-refractivity contribution is 0.0471. The highest BCUT2D eigenvalue weighted by atomic mass is 16.5. The van der Waals surface area contributed by atoms with Crippen molar-refractivity contribution >= 4 is 23.7 Å². The average molecular weight is 461 g/mol. The van der Waals surface area contributed by atoms with Gasteiger partial charge in [-0.05, 0) is 61.6 Å². The average Bonchev–Trinajstić information content (AvgIpc) is 3.50. The molecule has 3 aliphatic rings. The van der Waals surface area contributed by atoms with Crippen molar-refractivity contribution < 1.29 is 23.9 Å². The molecule has 7 heteroatoms. The zero-order chi connectivity index (χ0) is 23.7. The van der Waals surface area contributed by atoms with Crippen molar-refractivity contribution in [3.63, 3.8) is 0 Å². The molecule has 0 aromatic heterocycles. The second-order valence-electron chi connectivity index (χ2n) is 9.30. The van der Waals surface area contributed by atoms with Gasteiger partial charge in [0.15, 0.2) is 0 Å². The van der Waals surface area contributed by atoms with Crippen LogP contribution in [0.3, 0.4) is 0 Å². The third-order valence-electron chi connectivity index (χ3n) is 7.06. The van der Waals surface area contributed by atoms with E-state index >= 15 is 0 Å². The van der Waals surface area contributed by atoms with Gasteiger partial charge in [-0.3, -0.25) is 19.3 Å². The molecule has 2 aromatic rings. The Balaban J connectivity index is 1.22. The Morgan fingerprint density at radius 3 is 2.15 bits per heavy atom. The van der Waals surface area contributed by atoms with Crippen molar-refractivity contribution in [2.24, 2.45) is 0 Å². The van der Waals surface area contributed by atoms with Crippen molar-refractivity contribution in [1.82, 2.24) is 9.80 Å². The molecule has 1 saturated carbocycles. The summed E-state index contributed by atoms with van der Waals surface area (Å²) in [4.78, 5) is 54.1. The molecule has 2 aromatic carbocycles. The number of fused-ring (bicyclic) bond motifs is 1. The summed E-state index contributed by atoms with van der Waals surface area (Å²) >= 11 is 0. The van der Waals surface area contributed by atoms with Crippen LogP contribution in [0.2, 0.25) is 0 Å². The number of amides is 3. The van der Waals surface area contributed by atoms with Crippen molar-refractivity contribution in [3.05, 3.63) is 70.3 Å². The highest BCUT2D eigenvalue weighted by molar-refractivity contribution is 6.22. The van der Waals surface area contributed by atoms with Gasteiger partial charge in [0.25, 0.3) is 17.7 Å². The van der Waals surface area contributed by atoms with E-state index in [9.17, 15) is 19.2 Å². The van der Waals surface area contributed by atoms with E-state index < -0.39 is 5.97 Å². The number of benzene rings is 2. The maximum Gasteiger partial charge on any atom is 0.338 e. The minimum Gasteiger partial charge on any atom is -0.457 e. The van der Waals surface area contributed by atoms with Crippen LogP contribution in [0.1, 0.15) is 91.9 Å². The fraction of sp³-hybridized carbons (Fsp3) is 0.407. The first-order valence-electron chi connectivity index (χ1n) is 12.1. The van der Waals surface area contributed by atoms with Gasteiger partial charge in [-0.2, -0.15) is 0 Å². The minimum atomic E-state index is -0.559. The molecule has 3 amide bonds. The van der Waals surface area contributed by atoms with E-state index in [1.54, 1.807) is 30.3 Å². The molecule has 7 nitrogen and oxygen atoms in total. The van der Waals surface area contributed by atoms with E-state index in [1.165, 1.54) is 17.0 Å². The van der Waals surface area contributed by atoms with Crippen LogP contribution >= 0.6 is 0 Å². The fourth-order valence-corrected chi connectivity index (χ4v) is 5.14. The number of carbonyl (C=O) groups is 4. The molecule has 0 atom stereocenters. The van der Waals surface area contributed by atoms with E-state index in [2.05, 4.69) is 0 Å². The molecule has 0 N–H and O–H groups in total. The Kier molecular flexibility index (Phi) is 6.18. The summed E-state index contributed by atoms with van der Waals surface area (Å²) in [5, 5.41) is 0. The van der Waals surface area contributed by atoms with Gasteiger partial charge < -0.3 is 9.64 Å². The molecular weight excluding hydrogens is 432 g/mol. The summed E-state index contributed by atoms with van der Waals surface area (Å²) in [6.07, 6.45) is 6.92. The van der Waals surface area contributed by atoms with Crippen LogP contribution in [0.4, 0.5) is 0 Å². The number of esters is 1. The predicted molar refractivity (Wildman–Crippen MR) is 125 cm³/mol. The molecular formula is C27H28N2O5. The molecule has 0 bridgehead atoms. The van der Waals surface area contributed by atoms with E-state index in [0.29, 0.717) is 11.1 Å². The molecule has 5 rings (SSSR count). The summed E-state index contributed by atoms with van der Waals surface area (Å²) in [6, 6.07) is 11.6. The number of ether oxygens (including phenoxy) is 1. The molecule has 176 valence electrons. The van der Waals surface area contributed by atoms with Crippen LogP contribution in [0.15, 0.2) is 42.5 Å². The van der Waals surface area contributed by atoms with Crippen LogP contribution in [-0.4, -0.2) is 52.6 Å².